The Morgan fingerprint density at radius 3 is 2.57 bits per heavy atom. The molecule has 0 spiro atoms. The first-order valence-corrected chi connectivity index (χ1v) is 7.37. The molecule has 0 aliphatic rings. The summed E-state index contributed by atoms with van der Waals surface area (Å²) in [6.45, 7) is 3.77. The molecule has 23 heavy (non-hydrogen) atoms. The Kier molecular flexibility index (Phi) is 5.36. The van der Waals surface area contributed by atoms with Gasteiger partial charge in [0.15, 0.2) is 6.10 Å². The number of benzene rings is 2. The molecule has 2 aromatic carbocycles. The fraction of sp³-hybridized carbons (Fsp3) is 0.222. The van der Waals surface area contributed by atoms with Crippen molar-refractivity contribution in [1.82, 2.24) is 0 Å². The van der Waals surface area contributed by atoms with Crippen molar-refractivity contribution >= 4 is 17.6 Å². The third kappa shape index (κ3) is 4.32. The molecule has 0 aliphatic carbocycles. The molecule has 0 saturated carbocycles. The summed E-state index contributed by atoms with van der Waals surface area (Å²) >= 11 is 0. The minimum absolute atomic E-state index is 0.121. The van der Waals surface area contributed by atoms with Gasteiger partial charge in [-0.3, -0.25) is 4.79 Å². The van der Waals surface area contributed by atoms with Crippen LogP contribution in [0, 0.1) is 6.92 Å². The van der Waals surface area contributed by atoms with Crippen LogP contribution in [0.3, 0.4) is 0 Å². The molecule has 1 atom stereocenters. The van der Waals surface area contributed by atoms with Gasteiger partial charge < -0.3 is 15.2 Å². The van der Waals surface area contributed by atoms with Gasteiger partial charge in [-0.25, -0.2) is 4.79 Å². The first kappa shape index (κ1) is 16.5. The highest BCUT2D eigenvalue weighted by atomic mass is 16.5. The van der Waals surface area contributed by atoms with Crippen LogP contribution in [0.5, 0.6) is 5.75 Å². The molecule has 5 heteroatoms. The topological polar surface area (TPSA) is 75.6 Å². The molecular formula is C18H19NO4. The number of hydrogen-bond donors (Lipinski definition) is 2. The summed E-state index contributed by atoms with van der Waals surface area (Å²) in [5, 5.41) is 11.7. The van der Waals surface area contributed by atoms with Crippen molar-refractivity contribution in [2.45, 2.75) is 26.4 Å². The molecular weight excluding hydrogens is 294 g/mol. The second-order valence-corrected chi connectivity index (χ2v) is 5.16. The van der Waals surface area contributed by atoms with E-state index in [0.717, 1.165) is 5.56 Å². The predicted octanol–water partition coefficient (Wildman–Crippen LogP) is 3.49. The van der Waals surface area contributed by atoms with Gasteiger partial charge in [0.1, 0.15) is 5.75 Å². The van der Waals surface area contributed by atoms with Gasteiger partial charge in [-0.2, -0.15) is 0 Å². The highest BCUT2D eigenvalue weighted by molar-refractivity contribution is 5.96. The smallest absolute Gasteiger partial charge is 0.335 e. The lowest BCUT2D eigenvalue weighted by atomic mass is 10.2. The Hall–Kier alpha value is -2.82. The van der Waals surface area contributed by atoms with Crippen molar-refractivity contribution in [3.8, 4) is 5.75 Å². The van der Waals surface area contributed by atoms with E-state index >= 15 is 0 Å². The summed E-state index contributed by atoms with van der Waals surface area (Å²) in [6, 6.07) is 13.6. The molecule has 120 valence electrons. The van der Waals surface area contributed by atoms with Gasteiger partial charge in [0.2, 0.25) is 0 Å². The second kappa shape index (κ2) is 7.45. The van der Waals surface area contributed by atoms with Crippen LogP contribution in [0.15, 0.2) is 48.5 Å². The molecule has 0 heterocycles. The van der Waals surface area contributed by atoms with E-state index in [-0.39, 0.29) is 11.5 Å². The van der Waals surface area contributed by atoms with E-state index < -0.39 is 12.1 Å². The van der Waals surface area contributed by atoms with Crippen LogP contribution in [-0.4, -0.2) is 23.1 Å². The number of nitrogens with one attached hydrogen (secondary N) is 1. The fourth-order valence-electron chi connectivity index (χ4n) is 2.12. The monoisotopic (exact) mass is 313 g/mol. The molecule has 1 amide bonds. The third-order valence-corrected chi connectivity index (χ3v) is 3.40. The Morgan fingerprint density at radius 1 is 1.17 bits per heavy atom. The average Bonchev–Trinajstić information content (AvgIpc) is 2.54. The van der Waals surface area contributed by atoms with Crippen LogP contribution in [0.1, 0.15) is 29.3 Å². The van der Waals surface area contributed by atoms with Gasteiger partial charge in [-0.05, 0) is 43.2 Å². The molecule has 2 aromatic rings. The molecule has 0 bridgehead atoms. The van der Waals surface area contributed by atoms with E-state index in [2.05, 4.69) is 5.32 Å². The predicted molar refractivity (Wildman–Crippen MR) is 87.9 cm³/mol. The van der Waals surface area contributed by atoms with Crippen molar-refractivity contribution in [1.29, 1.82) is 0 Å². The Bertz CT molecular complexity index is 712. The Labute approximate surface area is 134 Å². The summed E-state index contributed by atoms with van der Waals surface area (Å²) in [7, 11) is 0. The number of hydrogen-bond acceptors (Lipinski definition) is 3. The van der Waals surface area contributed by atoms with E-state index in [1.807, 2.05) is 38.1 Å². The van der Waals surface area contributed by atoms with Crippen molar-refractivity contribution in [2.75, 3.05) is 5.32 Å². The standard InChI is InChI=1S/C18H19NO4/c1-3-15(23-16-10-5-4-7-12(16)2)17(20)19-14-9-6-8-13(11-14)18(21)22/h4-11,15H,3H2,1-2H3,(H,19,20)(H,21,22). The zero-order valence-corrected chi connectivity index (χ0v) is 13.1. The summed E-state index contributed by atoms with van der Waals surface area (Å²) in [5.41, 5.74) is 1.50. The van der Waals surface area contributed by atoms with Crippen LogP contribution >= 0.6 is 0 Å². The highest BCUT2D eigenvalue weighted by Crippen LogP contribution is 2.20. The molecule has 1 unspecified atom stereocenters. The van der Waals surface area contributed by atoms with Gasteiger partial charge in [0.05, 0.1) is 5.56 Å². The van der Waals surface area contributed by atoms with Crippen molar-refractivity contribution in [3.05, 3.63) is 59.7 Å². The first-order valence-electron chi connectivity index (χ1n) is 7.37. The number of ether oxygens (including phenoxy) is 1. The largest absolute Gasteiger partial charge is 0.480 e. The number of para-hydroxylation sites is 1. The lowest BCUT2D eigenvalue weighted by molar-refractivity contribution is -0.122. The lowest BCUT2D eigenvalue weighted by Gasteiger charge is -2.18. The first-order chi connectivity index (χ1) is 11.0. The molecule has 2 rings (SSSR count). The van der Waals surface area contributed by atoms with Gasteiger partial charge >= 0.3 is 5.97 Å². The summed E-state index contributed by atoms with van der Waals surface area (Å²) in [6.07, 6.45) is -0.150. The van der Waals surface area contributed by atoms with Crippen LogP contribution in [-0.2, 0) is 4.79 Å². The molecule has 2 N–H and O–H groups in total. The van der Waals surface area contributed by atoms with Gasteiger partial charge in [0.25, 0.3) is 5.91 Å². The summed E-state index contributed by atoms with van der Waals surface area (Å²) in [5.74, 6) is -0.684. The van der Waals surface area contributed by atoms with E-state index in [0.29, 0.717) is 17.9 Å². The van der Waals surface area contributed by atoms with Gasteiger partial charge in [0, 0.05) is 5.69 Å². The number of aromatic carboxylic acids is 1. The number of anilines is 1. The van der Waals surface area contributed by atoms with Crippen LogP contribution in [0.25, 0.3) is 0 Å². The molecule has 0 aromatic heterocycles. The van der Waals surface area contributed by atoms with E-state index in [9.17, 15) is 9.59 Å². The van der Waals surface area contributed by atoms with Crippen molar-refractivity contribution in [2.24, 2.45) is 0 Å². The fourth-order valence-corrected chi connectivity index (χ4v) is 2.12. The Morgan fingerprint density at radius 2 is 1.91 bits per heavy atom. The third-order valence-electron chi connectivity index (χ3n) is 3.40. The maximum Gasteiger partial charge on any atom is 0.335 e. The Balaban J connectivity index is 2.10. The van der Waals surface area contributed by atoms with Crippen LogP contribution in [0.4, 0.5) is 5.69 Å². The SMILES string of the molecule is CCC(Oc1ccccc1C)C(=O)Nc1cccc(C(=O)O)c1. The van der Waals surface area contributed by atoms with E-state index in [1.165, 1.54) is 12.1 Å². The zero-order chi connectivity index (χ0) is 16.8. The van der Waals surface area contributed by atoms with Gasteiger partial charge in [-0.1, -0.05) is 31.2 Å². The molecule has 0 aliphatic heterocycles. The number of carbonyl (C=O) groups is 2. The summed E-state index contributed by atoms with van der Waals surface area (Å²) in [4.78, 5) is 23.3. The number of aryl methyl sites for hydroxylation is 1. The van der Waals surface area contributed by atoms with Crippen LogP contribution in [0.2, 0.25) is 0 Å². The molecule has 0 saturated heterocycles. The van der Waals surface area contributed by atoms with Crippen LogP contribution < -0.4 is 10.1 Å². The maximum atomic E-state index is 12.4. The maximum absolute atomic E-state index is 12.4. The number of rotatable bonds is 6. The number of carboxylic acids is 1. The minimum atomic E-state index is -1.04. The molecule has 0 fully saturated rings. The van der Waals surface area contributed by atoms with Crippen molar-refractivity contribution < 1.29 is 19.4 Å². The normalized spacial score (nSPS) is 11.6. The minimum Gasteiger partial charge on any atom is -0.480 e. The zero-order valence-electron chi connectivity index (χ0n) is 13.1. The molecule has 5 nitrogen and oxygen atoms in total. The number of carboxylic acid groups (broad SMARTS) is 1. The number of carbonyl (C=O) groups excluding carboxylic acids is 1. The van der Waals surface area contributed by atoms with Crippen molar-refractivity contribution in [3.63, 3.8) is 0 Å². The second-order valence-electron chi connectivity index (χ2n) is 5.16. The molecule has 0 radical (unpaired) electrons. The van der Waals surface area contributed by atoms with Gasteiger partial charge in [-0.15, -0.1) is 0 Å². The number of amides is 1. The summed E-state index contributed by atoms with van der Waals surface area (Å²) < 4.78 is 5.78. The van der Waals surface area contributed by atoms with E-state index in [1.54, 1.807) is 12.1 Å². The quantitative estimate of drug-likeness (QED) is 0.856. The van der Waals surface area contributed by atoms with E-state index in [4.69, 9.17) is 9.84 Å². The average molecular weight is 313 g/mol. The highest BCUT2D eigenvalue weighted by Gasteiger charge is 2.19. The lowest BCUT2D eigenvalue weighted by Crippen LogP contribution is -2.32.